The van der Waals surface area contributed by atoms with Crippen molar-refractivity contribution in [1.29, 1.82) is 0 Å². The first kappa shape index (κ1) is 28.9. The number of aromatic nitrogens is 2. The van der Waals surface area contributed by atoms with Gasteiger partial charge in [0.2, 0.25) is 0 Å². The van der Waals surface area contributed by atoms with E-state index >= 15 is 0 Å². The number of hydrogen-bond donors (Lipinski definition) is 0. The van der Waals surface area contributed by atoms with Gasteiger partial charge in [0.25, 0.3) is 0 Å². The van der Waals surface area contributed by atoms with E-state index in [0.29, 0.717) is 37.6 Å². The molecule has 2 aromatic rings. The monoisotopic (exact) mass is 526 g/mol. The van der Waals surface area contributed by atoms with Gasteiger partial charge >= 0.3 is 18.0 Å². The third kappa shape index (κ3) is 8.16. The van der Waals surface area contributed by atoms with E-state index in [1.807, 2.05) is 62.9 Å². The van der Waals surface area contributed by atoms with Crippen LogP contribution in [0, 0.1) is 0 Å². The van der Waals surface area contributed by atoms with E-state index in [9.17, 15) is 14.4 Å². The Kier molecular flexibility index (Phi) is 9.66. The van der Waals surface area contributed by atoms with Crippen molar-refractivity contribution in [2.24, 2.45) is 0 Å². The molecule has 1 atom stereocenters. The molecule has 1 saturated heterocycles. The van der Waals surface area contributed by atoms with Crippen LogP contribution >= 0.6 is 0 Å². The average molecular weight is 527 g/mol. The summed E-state index contributed by atoms with van der Waals surface area (Å²) < 4.78 is 16.4. The van der Waals surface area contributed by atoms with Gasteiger partial charge in [-0.3, -0.25) is 4.79 Å². The molecule has 10 heteroatoms. The number of carbonyl (C=O) groups is 3. The lowest BCUT2D eigenvalue weighted by Crippen LogP contribution is -2.50. The van der Waals surface area contributed by atoms with Crippen molar-refractivity contribution < 1.29 is 28.6 Å². The molecule has 0 aliphatic carbocycles. The second kappa shape index (κ2) is 12.7. The van der Waals surface area contributed by atoms with Crippen LogP contribution in [0.1, 0.15) is 75.5 Å². The molecular formula is C28H38N4O6. The number of piperazine rings is 1. The molecule has 1 fully saturated rings. The molecule has 1 aromatic heterocycles. The van der Waals surface area contributed by atoms with E-state index < -0.39 is 23.5 Å². The minimum Gasteiger partial charge on any atom is -0.461 e. The maximum Gasteiger partial charge on any atom is 0.410 e. The largest absolute Gasteiger partial charge is 0.461 e. The fraction of sp³-hybridized carbons (Fsp3) is 0.536. The number of benzene rings is 1. The Morgan fingerprint density at radius 2 is 1.63 bits per heavy atom. The molecule has 1 amide bonds. The highest BCUT2D eigenvalue weighted by Crippen LogP contribution is 2.32. The van der Waals surface area contributed by atoms with Gasteiger partial charge in [0.1, 0.15) is 24.4 Å². The molecule has 1 aliphatic rings. The van der Waals surface area contributed by atoms with Crippen molar-refractivity contribution in [2.75, 3.05) is 31.1 Å². The van der Waals surface area contributed by atoms with Crippen LogP contribution < -0.4 is 4.90 Å². The zero-order chi connectivity index (χ0) is 27.9. The predicted octanol–water partition coefficient (Wildman–Crippen LogP) is 4.34. The molecule has 0 saturated carbocycles. The lowest BCUT2D eigenvalue weighted by atomic mass is 9.95. The van der Waals surface area contributed by atoms with Crippen LogP contribution in [-0.4, -0.2) is 70.8 Å². The first-order valence-corrected chi connectivity index (χ1v) is 12.9. The van der Waals surface area contributed by atoms with E-state index in [0.717, 1.165) is 5.56 Å². The number of esters is 2. The molecule has 206 valence electrons. The minimum atomic E-state index is -0.579. The summed E-state index contributed by atoms with van der Waals surface area (Å²) >= 11 is 0. The number of rotatable bonds is 8. The average Bonchev–Trinajstić information content (AvgIpc) is 2.86. The molecule has 1 aromatic carbocycles. The Labute approximate surface area is 224 Å². The Morgan fingerprint density at radius 1 is 0.974 bits per heavy atom. The highest BCUT2D eigenvalue weighted by atomic mass is 16.6. The first-order valence-electron chi connectivity index (χ1n) is 12.9. The molecule has 0 N–H and O–H groups in total. The van der Waals surface area contributed by atoms with Gasteiger partial charge in [0.05, 0.1) is 12.5 Å². The van der Waals surface area contributed by atoms with Crippen LogP contribution in [0.25, 0.3) is 0 Å². The Balaban J connectivity index is 1.79. The van der Waals surface area contributed by atoms with Gasteiger partial charge in [-0.15, -0.1) is 0 Å². The summed E-state index contributed by atoms with van der Waals surface area (Å²) in [6.45, 7) is 12.8. The molecule has 0 radical (unpaired) electrons. The molecule has 1 unspecified atom stereocenters. The second-order valence-corrected chi connectivity index (χ2v) is 10.6. The summed E-state index contributed by atoms with van der Waals surface area (Å²) in [5.41, 5.74) is 0.966. The first-order chi connectivity index (χ1) is 17.9. The second-order valence-electron chi connectivity index (χ2n) is 10.6. The van der Waals surface area contributed by atoms with Gasteiger partial charge in [-0.25, -0.2) is 19.6 Å². The van der Waals surface area contributed by atoms with Crippen LogP contribution in [0.4, 0.5) is 10.6 Å². The fourth-order valence-corrected chi connectivity index (χ4v) is 4.10. The maximum atomic E-state index is 13.0. The summed E-state index contributed by atoms with van der Waals surface area (Å²) in [6, 6.07) is 9.44. The van der Waals surface area contributed by atoms with E-state index in [-0.39, 0.29) is 30.9 Å². The van der Waals surface area contributed by atoms with E-state index in [2.05, 4.69) is 9.97 Å². The lowest BCUT2D eigenvalue weighted by Gasteiger charge is -2.37. The topological polar surface area (TPSA) is 111 Å². The Morgan fingerprint density at radius 3 is 2.24 bits per heavy atom. The maximum absolute atomic E-state index is 13.0. The zero-order valence-corrected chi connectivity index (χ0v) is 23.1. The number of hydrogen-bond acceptors (Lipinski definition) is 9. The van der Waals surface area contributed by atoms with Gasteiger partial charge in [0.15, 0.2) is 5.69 Å². The van der Waals surface area contributed by atoms with E-state index in [1.165, 1.54) is 6.33 Å². The fourth-order valence-electron chi connectivity index (χ4n) is 4.10. The summed E-state index contributed by atoms with van der Waals surface area (Å²) in [7, 11) is 0. The summed E-state index contributed by atoms with van der Waals surface area (Å²) in [5, 5.41) is 0. The highest BCUT2D eigenvalue weighted by molar-refractivity contribution is 5.91. The number of amides is 1. The van der Waals surface area contributed by atoms with Crippen molar-refractivity contribution in [2.45, 2.75) is 72.2 Å². The summed E-state index contributed by atoms with van der Waals surface area (Å²) in [4.78, 5) is 50.6. The Hall–Kier alpha value is -3.69. The highest BCUT2D eigenvalue weighted by Gasteiger charge is 2.31. The molecule has 0 bridgehead atoms. The quantitative estimate of drug-likeness (QED) is 0.366. The zero-order valence-electron chi connectivity index (χ0n) is 23.1. The van der Waals surface area contributed by atoms with Crippen molar-refractivity contribution >= 4 is 23.8 Å². The summed E-state index contributed by atoms with van der Waals surface area (Å²) in [5.74, 6) is -0.847. The van der Waals surface area contributed by atoms with Gasteiger partial charge in [-0.2, -0.15) is 0 Å². The number of nitrogens with zero attached hydrogens (tertiary/aromatic N) is 4. The molecule has 3 rings (SSSR count). The molecule has 10 nitrogen and oxygen atoms in total. The Bertz CT molecular complexity index is 1110. The van der Waals surface area contributed by atoms with Crippen LogP contribution in [-0.2, 0) is 25.6 Å². The SMILES string of the molecule is CC(C)OC(=O)c1ncnc(N2CCN(C(=O)OC(C)(C)C)CC2)c1C(C)CC(=O)OCc1ccccc1. The molecular weight excluding hydrogens is 488 g/mol. The van der Waals surface area contributed by atoms with Crippen molar-refractivity contribution in [3.63, 3.8) is 0 Å². The lowest BCUT2D eigenvalue weighted by molar-refractivity contribution is -0.145. The standard InChI is InChI=1S/C28H38N4O6/c1-19(2)37-26(34)24-23(20(3)16-22(33)36-17-21-10-8-7-9-11-21)25(30-18-29-24)31-12-14-32(15-13-31)27(35)38-28(4,5)6/h7-11,18-20H,12-17H2,1-6H3. The van der Waals surface area contributed by atoms with Crippen LogP contribution in [0.3, 0.4) is 0 Å². The molecule has 0 spiro atoms. The van der Waals surface area contributed by atoms with Gasteiger partial charge in [-0.05, 0) is 46.1 Å². The van der Waals surface area contributed by atoms with E-state index in [1.54, 1.807) is 18.7 Å². The van der Waals surface area contributed by atoms with Crippen molar-refractivity contribution in [3.05, 3.63) is 53.5 Å². The number of ether oxygens (including phenoxy) is 3. The third-order valence-corrected chi connectivity index (χ3v) is 5.84. The van der Waals surface area contributed by atoms with Gasteiger partial charge in [-0.1, -0.05) is 37.3 Å². The third-order valence-electron chi connectivity index (χ3n) is 5.84. The van der Waals surface area contributed by atoms with E-state index in [4.69, 9.17) is 14.2 Å². The van der Waals surface area contributed by atoms with Gasteiger partial charge < -0.3 is 24.0 Å². The number of anilines is 1. The normalized spacial score (nSPS) is 14.7. The molecule has 38 heavy (non-hydrogen) atoms. The van der Waals surface area contributed by atoms with Crippen LogP contribution in [0.15, 0.2) is 36.7 Å². The summed E-state index contributed by atoms with van der Waals surface area (Å²) in [6.07, 6.45) is 0.664. The van der Waals surface area contributed by atoms with Crippen molar-refractivity contribution in [3.8, 4) is 0 Å². The van der Waals surface area contributed by atoms with Crippen molar-refractivity contribution in [1.82, 2.24) is 14.9 Å². The minimum absolute atomic E-state index is 0.0348. The smallest absolute Gasteiger partial charge is 0.410 e. The van der Waals surface area contributed by atoms with Crippen LogP contribution in [0.2, 0.25) is 0 Å². The predicted molar refractivity (Wildman–Crippen MR) is 142 cm³/mol. The molecule has 1 aliphatic heterocycles. The molecule has 2 heterocycles. The number of carbonyl (C=O) groups excluding carboxylic acids is 3. The van der Waals surface area contributed by atoms with Crippen LogP contribution in [0.5, 0.6) is 0 Å². The van der Waals surface area contributed by atoms with Gasteiger partial charge in [0, 0.05) is 31.7 Å².